The third-order valence-corrected chi connectivity index (χ3v) is 2.02. The monoisotopic (exact) mass is 197 g/mol. The molecule has 0 aliphatic carbocycles. The van der Waals surface area contributed by atoms with Gasteiger partial charge in [0.25, 0.3) is 0 Å². The number of aryl methyl sites for hydroxylation is 1. The summed E-state index contributed by atoms with van der Waals surface area (Å²) >= 11 is 0. The molecule has 1 atom stereocenters. The van der Waals surface area contributed by atoms with E-state index >= 15 is 0 Å². The number of methoxy groups -OCH3 is 1. The highest BCUT2D eigenvalue weighted by molar-refractivity contribution is 5.70. The third-order valence-electron chi connectivity index (χ3n) is 2.02. The highest BCUT2D eigenvalue weighted by Crippen LogP contribution is 2.13. The van der Waals surface area contributed by atoms with E-state index in [9.17, 15) is 4.79 Å². The number of hydrogen-bond acceptors (Lipinski definition) is 4. The van der Waals surface area contributed by atoms with Crippen LogP contribution in [0.5, 0.6) is 0 Å². The molecule has 5 nitrogen and oxygen atoms in total. The summed E-state index contributed by atoms with van der Waals surface area (Å²) < 4.78 is 6.30. The topological polar surface area (TPSA) is 70.1 Å². The van der Waals surface area contributed by atoms with Gasteiger partial charge < -0.3 is 10.5 Å². The summed E-state index contributed by atoms with van der Waals surface area (Å²) in [6.07, 6.45) is 3.70. The highest BCUT2D eigenvalue weighted by atomic mass is 16.5. The maximum atomic E-state index is 10.9. The Labute approximate surface area is 82.8 Å². The van der Waals surface area contributed by atoms with Gasteiger partial charge in [0.2, 0.25) is 0 Å². The molecule has 0 aliphatic rings. The zero-order chi connectivity index (χ0) is 10.6. The Kier molecular flexibility index (Phi) is 3.64. The van der Waals surface area contributed by atoms with Gasteiger partial charge in [0.1, 0.15) is 0 Å². The maximum Gasteiger partial charge on any atom is 0.307 e. The van der Waals surface area contributed by atoms with Crippen LogP contribution in [-0.2, 0) is 16.1 Å². The largest absolute Gasteiger partial charge is 0.469 e. The van der Waals surface area contributed by atoms with Crippen molar-refractivity contribution in [3.63, 3.8) is 0 Å². The lowest BCUT2D eigenvalue weighted by Gasteiger charge is -2.06. The van der Waals surface area contributed by atoms with Crippen molar-refractivity contribution >= 4 is 5.97 Å². The molecule has 1 heterocycles. The smallest absolute Gasteiger partial charge is 0.307 e. The number of ether oxygens (including phenoxy) is 1. The number of carbonyl (C=O) groups is 1. The number of hydrogen-bond donors (Lipinski definition) is 1. The highest BCUT2D eigenvalue weighted by Gasteiger charge is 2.13. The van der Waals surface area contributed by atoms with Crippen LogP contribution in [0.4, 0.5) is 0 Å². The van der Waals surface area contributed by atoms with E-state index in [1.807, 2.05) is 13.1 Å². The number of carbonyl (C=O) groups excluding carboxylic acids is 1. The molecular formula is C9H15N3O2. The van der Waals surface area contributed by atoms with Crippen LogP contribution in [0.15, 0.2) is 12.4 Å². The quantitative estimate of drug-likeness (QED) is 0.712. The van der Waals surface area contributed by atoms with E-state index in [4.69, 9.17) is 5.73 Å². The lowest BCUT2D eigenvalue weighted by Crippen LogP contribution is -2.15. The third kappa shape index (κ3) is 2.56. The molecular weight excluding hydrogens is 182 g/mol. The first-order valence-corrected chi connectivity index (χ1v) is 4.52. The number of esters is 1. The molecule has 0 aliphatic heterocycles. The molecule has 1 aromatic rings. The summed E-state index contributed by atoms with van der Waals surface area (Å²) in [6.45, 7) is 2.79. The molecule has 0 saturated carbocycles. The fourth-order valence-corrected chi connectivity index (χ4v) is 1.12. The first kappa shape index (κ1) is 10.7. The summed E-state index contributed by atoms with van der Waals surface area (Å²) in [5, 5.41) is 4.07. The van der Waals surface area contributed by atoms with Gasteiger partial charge in [0.15, 0.2) is 0 Å². The molecule has 0 saturated heterocycles. The minimum Gasteiger partial charge on any atom is -0.469 e. The van der Waals surface area contributed by atoms with Crippen LogP contribution in [0.1, 0.15) is 24.9 Å². The van der Waals surface area contributed by atoms with Crippen molar-refractivity contribution in [1.82, 2.24) is 9.78 Å². The summed E-state index contributed by atoms with van der Waals surface area (Å²) in [6, 6.07) is -0.331. The molecule has 0 amide bonds. The zero-order valence-corrected chi connectivity index (χ0v) is 8.43. The van der Waals surface area contributed by atoms with Crippen molar-refractivity contribution in [3.05, 3.63) is 18.0 Å². The van der Waals surface area contributed by atoms with E-state index in [1.165, 1.54) is 7.11 Å². The lowest BCUT2D eigenvalue weighted by atomic mass is 10.1. The Balaban J connectivity index is 2.60. The van der Waals surface area contributed by atoms with Gasteiger partial charge in [-0.3, -0.25) is 9.48 Å². The number of nitrogens with zero attached hydrogens (tertiary/aromatic N) is 2. The molecule has 0 radical (unpaired) electrons. The van der Waals surface area contributed by atoms with Gasteiger partial charge in [-0.05, 0) is 6.92 Å². The minimum absolute atomic E-state index is 0.186. The second-order valence-corrected chi connectivity index (χ2v) is 3.02. The van der Waals surface area contributed by atoms with E-state index < -0.39 is 0 Å². The molecule has 78 valence electrons. The SMILES string of the molecule is CCn1cc(C(N)CC(=O)OC)cn1. The van der Waals surface area contributed by atoms with Gasteiger partial charge in [-0.15, -0.1) is 0 Å². The van der Waals surface area contributed by atoms with Crippen molar-refractivity contribution in [2.24, 2.45) is 5.73 Å². The average molecular weight is 197 g/mol. The normalized spacial score (nSPS) is 12.5. The van der Waals surface area contributed by atoms with Crippen LogP contribution in [0, 0.1) is 0 Å². The van der Waals surface area contributed by atoms with Crippen LogP contribution < -0.4 is 5.73 Å². The number of aromatic nitrogens is 2. The molecule has 0 fully saturated rings. The minimum atomic E-state index is -0.331. The van der Waals surface area contributed by atoms with Crippen molar-refractivity contribution in [1.29, 1.82) is 0 Å². The Hall–Kier alpha value is -1.36. The first-order chi connectivity index (χ1) is 6.67. The fourth-order valence-electron chi connectivity index (χ4n) is 1.12. The number of rotatable bonds is 4. The first-order valence-electron chi connectivity index (χ1n) is 4.52. The van der Waals surface area contributed by atoms with Crippen LogP contribution in [0.3, 0.4) is 0 Å². The molecule has 2 N–H and O–H groups in total. The van der Waals surface area contributed by atoms with E-state index in [0.29, 0.717) is 0 Å². The van der Waals surface area contributed by atoms with Gasteiger partial charge in [-0.1, -0.05) is 0 Å². The van der Waals surface area contributed by atoms with Gasteiger partial charge in [0, 0.05) is 24.3 Å². The van der Waals surface area contributed by atoms with Crippen LogP contribution >= 0.6 is 0 Å². The number of nitrogens with two attached hydrogens (primary N) is 1. The summed E-state index contributed by atoms with van der Waals surface area (Å²) in [5.41, 5.74) is 6.64. The Morgan fingerprint density at radius 2 is 2.50 bits per heavy atom. The van der Waals surface area contributed by atoms with Crippen molar-refractivity contribution in [2.45, 2.75) is 25.9 Å². The molecule has 1 aromatic heterocycles. The van der Waals surface area contributed by atoms with Crippen LogP contribution in [0.2, 0.25) is 0 Å². The average Bonchev–Trinajstić information content (AvgIpc) is 2.65. The predicted molar refractivity (Wildman–Crippen MR) is 51.5 cm³/mol. The lowest BCUT2D eigenvalue weighted by molar-refractivity contribution is -0.141. The molecule has 0 spiro atoms. The summed E-state index contributed by atoms with van der Waals surface area (Å²) in [4.78, 5) is 10.9. The van der Waals surface area contributed by atoms with Crippen molar-refractivity contribution < 1.29 is 9.53 Å². The van der Waals surface area contributed by atoms with Crippen LogP contribution in [-0.4, -0.2) is 22.9 Å². The Morgan fingerprint density at radius 3 is 3.00 bits per heavy atom. The predicted octanol–water partition coefficient (Wildman–Crippen LogP) is 0.466. The Morgan fingerprint density at radius 1 is 1.79 bits per heavy atom. The molecule has 1 rings (SSSR count). The molecule has 0 bridgehead atoms. The second-order valence-electron chi connectivity index (χ2n) is 3.02. The van der Waals surface area contributed by atoms with Crippen molar-refractivity contribution in [3.8, 4) is 0 Å². The summed E-state index contributed by atoms with van der Waals surface area (Å²) in [7, 11) is 1.35. The van der Waals surface area contributed by atoms with Gasteiger partial charge in [-0.25, -0.2) is 0 Å². The van der Waals surface area contributed by atoms with Gasteiger partial charge in [0.05, 0.1) is 19.7 Å². The fraction of sp³-hybridized carbons (Fsp3) is 0.556. The van der Waals surface area contributed by atoms with E-state index in [1.54, 1.807) is 10.9 Å². The van der Waals surface area contributed by atoms with Gasteiger partial charge >= 0.3 is 5.97 Å². The Bertz CT molecular complexity index is 309. The molecule has 14 heavy (non-hydrogen) atoms. The maximum absolute atomic E-state index is 10.9. The van der Waals surface area contributed by atoms with Crippen molar-refractivity contribution in [2.75, 3.05) is 7.11 Å². The van der Waals surface area contributed by atoms with Crippen LogP contribution in [0.25, 0.3) is 0 Å². The van der Waals surface area contributed by atoms with E-state index in [0.717, 1.165) is 12.1 Å². The molecule has 1 unspecified atom stereocenters. The second kappa shape index (κ2) is 4.76. The zero-order valence-electron chi connectivity index (χ0n) is 8.43. The van der Waals surface area contributed by atoms with Gasteiger partial charge in [-0.2, -0.15) is 5.10 Å². The van der Waals surface area contributed by atoms with E-state index in [2.05, 4.69) is 9.84 Å². The molecule has 0 aromatic carbocycles. The molecule has 5 heteroatoms. The van der Waals surface area contributed by atoms with E-state index in [-0.39, 0.29) is 18.4 Å². The standard InChI is InChI=1S/C9H15N3O2/c1-3-12-6-7(5-11-12)8(10)4-9(13)14-2/h5-6,8H,3-4,10H2,1-2H3. The summed E-state index contributed by atoms with van der Waals surface area (Å²) in [5.74, 6) is -0.304.